The average Bonchev–Trinajstić information content (AvgIpc) is 2.65. The first-order valence-corrected chi connectivity index (χ1v) is 9.81. The molecule has 146 valence electrons. The third-order valence-corrected chi connectivity index (χ3v) is 4.24. The standard InChI is InChI=1S/C22H28ClNO3/c1-4-21(27-20-13-9-18(23)10-14-20)22(25)24-15-5-6-17-7-11-19(12-8-17)26-16(2)3/h7-14,16,21H,4-6,15H2,1-3H3,(H,24,25)/t21-/m1/s1. The number of aryl methyl sites for hydroxylation is 1. The summed E-state index contributed by atoms with van der Waals surface area (Å²) < 4.78 is 11.4. The molecule has 0 saturated carbocycles. The van der Waals surface area contributed by atoms with Crippen LogP contribution in [0.5, 0.6) is 11.5 Å². The lowest BCUT2D eigenvalue weighted by Crippen LogP contribution is -2.38. The van der Waals surface area contributed by atoms with E-state index in [4.69, 9.17) is 21.1 Å². The molecule has 2 aromatic rings. The minimum atomic E-state index is -0.501. The van der Waals surface area contributed by atoms with Crippen LogP contribution >= 0.6 is 11.6 Å². The molecule has 5 heteroatoms. The van der Waals surface area contributed by atoms with Crippen molar-refractivity contribution in [1.29, 1.82) is 0 Å². The van der Waals surface area contributed by atoms with Crippen LogP contribution in [0.15, 0.2) is 48.5 Å². The second-order valence-corrected chi connectivity index (χ2v) is 7.11. The van der Waals surface area contributed by atoms with Gasteiger partial charge >= 0.3 is 0 Å². The number of hydrogen-bond donors (Lipinski definition) is 1. The van der Waals surface area contributed by atoms with Gasteiger partial charge in [0.2, 0.25) is 0 Å². The molecule has 2 aromatic carbocycles. The van der Waals surface area contributed by atoms with Crippen molar-refractivity contribution in [3.05, 3.63) is 59.1 Å². The van der Waals surface area contributed by atoms with Gasteiger partial charge < -0.3 is 14.8 Å². The van der Waals surface area contributed by atoms with Crippen molar-refractivity contribution in [2.45, 2.75) is 52.2 Å². The molecule has 1 atom stereocenters. The van der Waals surface area contributed by atoms with Crippen molar-refractivity contribution in [1.82, 2.24) is 5.32 Å². The Kier molecular flexibility index (Phi) is 8.46. The van der Waals surface area contributed by atoms with Crippen LogP contribution in [0, 0.1) is 0 Å². The lowest BCUT2D eigenvalue weighted by atomic mass is 10.1. The predicted molar refractivity (Wildman–Crippen MR) is 110 cm³/mol. The third kappa shape index (κ3) is 7.51. The lowest BCUT2D eigenvalue weighted by Gasteiger charge is -2.17. The summed E-state index contributed by atoms with van der Waals surface area (Å²) in [5.74, 6) is 1.44. The van der Waals surface area contributed by atoms with Gasteiger partial charge in [-0.3, -0.25) is 4.79 Å². The summed E-state index contributed by atoms with van der Waals surface area (Å²) in [6.07, 6.45) is 2.04. The lowest BCUT2D eigenvalue weighted by molar-refractivity contribution is -0.128. The van der Waals surface area contributed by atoms with Gasteiger partial charge in [0.15, 0.2) is 6.10 Å². The maximum Gasteiger partial charge on any atom is 0.261 e. The smallest absolute Gasteiger partial charge is 0.261 e. The van der Waals surface area contributed by atoms with Gasteiger partial charge in [-0.05, 0) is 75.1 Å². The topological polar surface area (TPSA) is 47.6 Å². The summed E-state index contributed by atoms with van der Waals surface area (Å²) in [5.41, 5.74) is 1.23. The fourth-order valence-corrected chi connectivity index (χ4v) is 2.75. The van der Waals surface area contributed by atoms with Crippen molar-refractivity contribution < 1.29 is 14.3 Å². The second kappa shape index (κ2) is 10.8. The molecule has 27 heavy (non-hydrogen) atoms. The molecular weight excluding hydrogens is 362 g/mol. The van der Waals surface area contributed by atoms with E-state index < -0.39 is 6.10 Å². The zero-order valence-corrected chi connectivity index (χ0v) is 17.0. The third-order valence-electron chi connectivity index (χ3n) is 3.99. The van der Waals surface area contributed by atoms with E-state index >= 15 is 0 Å². The highest BCUT2D eigenvalue weighted by molar-refractivity contribution is 6.30. The summed E-state index contributed by atoms with van der Waals surface area (Å²) in [6, 6.07) is 15.1. The molecule has 0 heterocycles. The molecule has 4 nitrogen and oxygen atoms in total. The van der Waals surface area contributed by atoms with Gasteiger partial charge in [-0.1, -0.05) is 30.7 Å². The average molecular weight is 390 g/mol. The molecule has 0 aliphatic heterocycles. The Balaban J connectivity index is 1.73. The molecule has 1 amide bonds. The largest absolute Gasteiger partial charge is 0.491 e. The number of carbonyl (C=O) groups excluding carboxylic acids is 1. The molecule has 0 aromatic heterocycles. The molecular formula is C22H28ClNO3. The molecule has 0 saturated heterocycles. The number of ether oxygens (including phenoxy) is 2. The van der Waals surface area contributed by atoms with Crippen LogP contribution in [-0.4, -0.2) is 24.7 Å². The van der Waals surface area contributed by atoms with Gasteiger partial charge in [0.05, 0.1) is 6.10 Å². The summed E-state index contributed by atoms with van der Waals surface area (Å²) in [4.78, 5) is 12.3. The summed E-state index contributed by atoms with van der Waals surface area (Å²) in [6.45, 7) is 6.57. The van der Waals surface area contributed by atoms with Crippen LogP contribution in [0.25, 0.3) is 0 Å². The van der Waals surface area contributed by atoms with Crippen molar-refractivity contribution >= 4 is 17.5 Å². The Morgan fingerprint density at radius 2 is 1.59 bits per heavy atom. The van der Waals surface area contributed by atoms with Crippen molar-refractivity contribution in [2.24, 2.45) is 0 Å². The number of carbonyl (C=O) groups is 1. The Bertz CT molecular complexity index is 699. The van der Waals surface area contributed by atoms with E-state index in [1.807, 2.05) is 32.9 Å². The first kappa shape index (κ1) is 21.1. The number of rotatable bonds is 10. The van der Waals surface area contributed by atoms with Gasteiger partial charge in [0.1, 0.15) is 11.5 Å². The van der Waals surface area contributed by atoms with Gasteiger partial charge in [-0.25, -0.2) is 0 Å². The molecule has 0 unspecified atom stereocenters. The first-order valence-electron chi connectivity index (χ1n) is 9.43. The van der Waals surface area contributed by atoms with Crippen LogP contribution in [-0.2, 0) is 11.2 Å². The monoisotopic (exact) mass is 389 g/mol. The molecule has 1 N–H and O–H groups in total. The Hall–Kier alpha value is -2.20. The fourth-order valence-electron chi connectivity index (χ4n) is 2.62. The fraction of sp³-hybridized carbons (Fsp3) is 0.409. The first-order chi connectivity index (χ1) is 13.0. The Morgan fingerprint density at radius 1 is 1.00 bits per heavy atom. The quantitative estimate of drug-likeness (QED) is 0.579. The maximum absolute atomic E-state index is 12.3. The van der Waals surface area contributed by atoms with E-state index in [2.05, 4.69) is 17.4 Å². The minimum absolute atomic E-state index is 0.0897. The van der Waals surface area contributed by atoms with E-state index in [0.717, 1.165) is 18.6 Å². The predicted octanol–water partition coefficient (Wildman–Crippen LogP) is 5.03. The zero-order chi connectivity index (χ0) is 19.6. The van der Waals surface area contributed by atoms with E-state index in [1.165, 1.54) is 5.56 Å². The number of hydrogen-bond acceptors (Lipinski definition) is 3. The van der Waals surface area contributed by atoms with E-state index in [1.54, 1.807) is 24.3 Å². The molecule has 0 aliphatic carbocycles. The number of amides is 1. The minimum Gasteiger partial charge on any atom is -0.491 e. The van der Waals surface area contributed by atoms with E-state index in [9.17, 15) is 4.79 Å². The van der Waals surface area contributed by atoms with Crippen molar-refractivity contribution in [3.63, 3.8) is 0 Å². The molecule has 0 bridgehead atoms. The van der Waals surface area contributed by atoms with E-state index in [-0.39, 0.29) is 12.0 Å². The summed E-state index contributed by atoms with van der Waals surface area (Å²) in [5, 5.41) is 3.60. The second-order valence-electron chi connectivity index (χ2n) is 6.67. The SMILES string of the molecule is CC[C@@H](Oc1ccc(Cl)cc1)C(=O)NCCCc1ccc(OC(C)C)cc1. The van der Waals surface area contributed by atoms with Crippen LogP contribution in [0.2, 0.25) is 5.02 Å². The van der Waals surface area contributed by atoms with Gasteiger partial charge in [0.25, 0.3) is 5.91 Å². The number of halogens is 1. The van der Waals surface area contributed by atoms with Crippen LogP contribution in [0.1, 0.15) is 39.2 Å². The van der Waals surface area contributed by atoms with Crippen molar-refractivity contribution in [2.75, 3.05) is 6.54 Å². The summed E-state index contributed by atoms with van der Waals surface area (Å²) >= 11 is 5.87. The highest BCUT2D eigenvalue weighted by atomic mass is 35.5. The Labute approximate surface area is 166 Å². The van der Waals surface area contributed by atoms with Crippen LogP contribution in [0.4, 0.5) is 0 Å². The molecule has 0 aliphatic rings. The molecule has 0 radical (unpaired) electrons. The van der Waals surface area contributed by atoms with Gasteiger partial charge in [-0.15, -0.1) is 0 Å². The maximum atomic E-state index is 12.3. The Morgan fingerprint density at radius 3 is 2.19 bits per heavy atom. The van der Waals surface area contributed by atoms with Crippen LogP contribution < -0.4 is 14.8 Å². The zero-order valence-electron chi connectivity index (χ0n) is 16.2. The van der Waals surface area contributed by atoms with E-state index in [0.29, 0.717) is 23.7 Å². The highest BCUT2D eigenvalue weighted by Gasteiger charge is 2.17. The molecule has 2 rings (SSSR count). The number of benzene rings is 2. The highest BCUT2D eigenvalue weighted by Crippen LogP contribution is 2.18. The number of nitrogens with one attached hydrogen (secondary N) is 1. The van der Waals surface area contributed by atoms with Gasteiger partial charge in [-0.2, -0.15) is 0 Å². The van der Waals surface area contributed by atoms with Gasteiger partial charge in [0, 0.05) is 11.6 Å². The molecule has 0 fully saturated rings. The van der Waals surface area contributed by atoms with Crippen LogP contribution in [0.3, 0.4) is 0 Å². The van der Waals surface area contributed by atoms with Crippen molar-refractivity contribution in [3.8, 4) is 11.5 Å². The molecule has 0 spiro atoms. The summed E-state index contributed by atoms with van der Waals surface area (Å²) in [7, 11) is 0. The normalized spacial score (nSPS) is 11.9.